The van der Waals surface area contributed by atoms with Crippen LogP contribution in [0, 0.1) is 13.8 Å². The molecule has 13 heavy (non-hydrogen) atoms. The van der Waals surface area contributed by atoms with E-state index in [1.165, 1.54) is 6.08 Å². The molecule has 1 atom stereocenters. The summed E-state index contributed by atoms with van der Waals surface area (Å²) in [6.45, 7) is 7.12. The zero-order valence-electron chi connectivity index (χ0n) is 7.91. The second kappa shape index (κ2) is 3.62. The van der Waals surface area contributed by atoms with Crippen LogP contribution in [0.1, 0.15) is 22.8 Å². The summed E-state index contributed by atoms with van der Waals surface area (Å²) in [5.74, 6) is 0.292. The minimum atomic E-state index is -0.655. The number of hydrogen-bond acceptors (Lipinski definition) is 2. The molecule has 0 aliphatic heterocycles. The van der Waals surface area contributed by atoms with E-state index in [1.54, 1.807) is 12.1 Å². The highest BCUT2D eigenvalue weighted by Gasteiger charge is 2.07. The maximum Gasteiger partial charge on any atom is 0.121 e. The van der Waals surface area contributed by atoms with Crippen LogP contribution in [-0.4, -0.2) is 10.2 Å². The van der Waals surface area contributed by atoms with Crippen molar-refractivity contribution in [3.8, 4) is 5.75 Å². The van der Waals surface area contributed by atoms with Crippen molar-refractivity contribution in [2.24, 2.45) is 0 Å². The van der Waals surface area contributed by atoms with Gasteiger partial charge in [0, 0.05) is 0 Å². The summed E-state index contributed by atoms with van der Waals surface area (Å²) in [6, 6.07) is 3.52. The number of hydrogen-bond donors (Lipinski definition) is 2. The molecule has 1 aromatic rings. The molecule has 0 saturated carbocycles. The van der Waals surface area contributed by atoms with Crippen LogP contribution in [-0.2, 0) is 0 Å². The lowest BCUT2D eigenvalue weighted by molar-refractivity contribution is 0.229. The molecule has 0 spiro atoms. The number of aryl methyl sites for hydroxylation is 2. The van der Waals surface area contributed by atoms with Gasteiger partial charge in [0.2, 0.25) is 0 Å². The van der Waals surface area contributed by atoms with Gasteiger partial charge in [0.15, 0.2) is 0 Å². The van der Waals surface area contributed by atoms with Gasteiger partial charge in [-0.05, 0) is 42.7 Å². The van der Waals surface area contributed by atoms with Gasteiger partial charge in [0.25, 0.3) is 0 Å². The molecule has 2 N–H and O–H groups in total. The third-order valence-electron chi connectivity index (χ3n) is 2.08. The van der Waals surface area contributed by atoms with Crippen molar-refractivity contribution in [3.05, 3.63) is 41.5 Å². The predicted octanol–water partition coefficient (Wildman–Crippen LogP) is 2.23. The Bertz CT molecular complexity index is 306. The fourth-order valence-electron chi connectivity index (χ4n) is 1.30. The number of aromatic hydroxyl groups is 1. The predicted molar refractivity (Wildman–Crippen MR) is 52.7 cm³/mol. The van der Waals surface area contributed by atoms with Crippen molar-refractivity contribution in [2.45, 2.75) is 20.0 Å². The third kappa shape index (κ3) is 1.90. The van der Waals surface area contributed by atoms with Crippen LogP contribution in [0.2, 0.25) is 0 Å². The topological polar surface area (TPSA) is 40.5 Å². The molecule has 1 unspecified atom stereocenters. The number of benzene rings is 1. The number of phenols is 1. The molecule has 2 nitrogen and oxygen atoms in total. The van der Waals surface area contributed by atoms with Crippen LogP contribution in [0.4, 0.5) is 0 Å². The molecule has 0 aromatic heterocycles. The highest BCUT2D eigenvalue weighted by molar-refractivity contribution is 5.43. The van der Waals surface area contributed by atoms with Gasteiger partial charge in [-0.2, -0.15) is 0 Å². The lowest BCUT2D eigenvalue weighted by Crippen LogP contribution is -1.94. The molecule has 70 valence electrons. The molecule has 0 heterocycles. The van der Waals surface area contributed by atoms with E-state index >= 15 is 0 Å². The summed E-state index contributed by atoms with van der Waals surface area (Å²) in [4.78, 5) is 0. The second-order valence-corrected chi connectivity index (χ2v) is 3.18. The van der Waals surface area contributed by atoms with E-state index in [0.717, 1.165) is 16.7 Å². The Kier molecular flexibility index (Phi) is 2.73. The standard InChI is InChI=1S/C11H14O2/c1-4-10(12)9-5-7(2)11(13)8(3)6-9/h4-6,10,12-13H,1H2,2-3H3. The van der Waals surface area contributed by atoms with Gasteiger partial charge in [-0.1, -0.05) is 6.08 Å². The Hall–Kier alpha value is -1.28. The Morgan fingerprint density at radius 2 is 1.77 bits per heavy atom. The highest BCUT2D eigenvalue weighted by atomic mass is 16.3. The first kappa shape index (κ1) is 9.81. The zero-order chi connectivity index (χ0) is 10.0. The smallest absolute Gasteiger partial charge is 0.121 e. The Morgan fingerprint density at radius 3 is 2.15 bits per heavy atom. The van der Waals surface area contributed by atoms with Crippen molar-refractivity contribution < 1.29 is 10.2 Å². The molecule has 1 rings (SSSR count). The molecular formula is C11H14O2. The van der Waals surface area contributed by atoms with E-state index < -0.39 is 6.10 Å². The van der Waals surface area contributed by atoms with Crippen molar-refractivity contribution in [2.75, 3.05) is 0 Å². The van der Waals surface area contributed by atoms with Crippen molar-refractivity contribution in [1.29, 1.82) is 0 Å². The highest BCUT2D eigenvalue weighted by Crippen LogP contribution is 2.26. The van der Waals surface area contributed by atoms with E-state index in [4.69, 9.17) is 0 Å². The molecule has 0 amide bonds. The first-order valence-electron chi connectivity index (χ1n) is 4.17. The monoisotopic (exact) mass is 178 g/mol. The maximum atomic E-state index is 9.48. The summed E-state index contributed by atoms with van der Waals surface area (Å²) in [6.07, 6.45) is 0.809. The number of aliphatic hydroxyl groups excluding tert-OH is 1. The molecule has 0 fully saturated rings. The summed E-state index contributed by atoms with van der Waals surface area (Å²) >= 11 is 0. The zero-order valence-corrected chi connectivity index (χ0v) is 7.91. The Labute approximate surface area is 78.2 Å². The Morgan fingerprint density at radius 1 is 1.31 bits per heavy atom. The van der Waals surface area contributed by atoms with Gasteiger partial charge in [-0.3, -0.25) is 0 Å². The van der Waals surface area contributed by atoms with E-state index in [9.17, 15) is 10.2 Å². The average molecular weight is 178 g/mol. The van der Waals surface area contributed by atoms with Gasteiger partial charge in [-0.25, -0.2) is 0 Å². The lowest BCUT2D eigenvalue weighted by Gasteiger charge is -2.10. The molecule has 0 aliphatic carbocycles. The van der Waals surface area contributed by atoms with Crippen LogP contribution >= 0.6 is 0 Å². The lowest BCUT2D eigenvalue weighted by atomic mass is 10.0. The average Bonchev–Trinajstić information content (AvgIpc) is 2.12. The fourth-order valence-corrected chi connectivity index (χ4v) is 1.30. The van der Waals surface area contributed by atoms with Gasteiger partial charge >= 0.3 is 0 Å². The van der Waals surface area contributed by atoms with Gasteiger partial charge in [-0.15, -0.1) is 6.58 Å². The maximum absolute atomic E-state index is 9.48. The van der Waals surface area contributed by atoms with E-state index in [0.29, 0.717) is 5.75 Å². The van der Waals surface area contributed by atoms with Gasteiger partial charge < -0.3 is 10.2 Å². The largest absolute Gasteiger partial charge is 0.507 e. The molecule has 2 heteroatoms. The molecular weight excluding hydrogens is 164 g/mol. The molecule has 0 radical (unpaired) electrons. The number of aliphatic hydroxyl groups is 1. The Balaban J connectivity index is 3.20. The first-order valence-corrected chi connectivity index (χ1v) is 4.17. The molecule has 1 aromatic carbocycles. The number of phenolic OH excluding ortho intramolecular Hbond substituents is 1. The summed E-state index contributed by atoms with van der Waals surface area (Å²) < 4.78 is 0. The molecule has 0 saturated heterocycles. The van der Waals surface area contributed by atoms with Crippen LogP contribution in [0.15, 0.2) is 24.8 Å². The minimum Gasteiger partial charge on any atom is -0.507 e. The minimum absolute atomic E-state index is 0.292. The second-order valence-electron chi connectivity index (χ2n) is 3.18. The van der Waals surface area contributed by atoms with Crippen LogP contribution in [0.25, 0.3) is 0 Å². The molecule has 0 bridgehead atoms. The summed E-state index contributed by atoms with van der Waals surface area (Å²) in [5.41, 5.74) is 2.31. The van der Waals surface area contributed by atoms with Crippen molar-refractivity contribution in [1.82, 2.24) is 0 Å². The summed E-state index contributed by atoms with van der Waals surface area (Å²) in [5, 5.41) is 18.9. The number of rotatable bonds is 2. The van der Waals surface area contributed by atoms with Crippen LogP contribution in [0.3, 0.4) is 0 Å². The normalized spacial score (nSPS) is 12.5. The van der Waals surface area contributed by atoms with E-state index in [-0.39, 0.29) is 0 Å². The SMILES string of the molecule is C=CC(O)c1cc(C)c(O)c(C)c1. The van der Waals surface area contributed by atoms with Gasteiger partial charge in [0.05, 0.1) is 6.10 Å². The fraction of sp³-hybridized carbons (Fsp3) is 0.273. The summed E-state index contributed by atoms with van der Waals surface area (Å²) in [7, 11) is 0. The van der Waals surface area contributed by atoms with Crippen molar-refractivity contribution >= 4 is 0 Å². The molecule has 0 aliphatic rings. The van der Waals surface area contributed by atoms with Crippen molar-refractivity contribution in [3.63, 3.8) is 0 Å². The quantitative estimate of drug-likeness (QED) is 0.682. The third-order valence-corrected chi connectivity index (χ3v) is 2.08. The van der Waals surface area contributed by atoms with Crippen LogP contribution < -0.4 is 0 Å². The van der Waals surface area contributed by atoms with E-state index in [1.807, 2.05) is 13.8 Å². The van der Waals surface area contributed by atoms with E-state index in [2.05, 4.69) is 6.58 Å². The first-order chi connectivity index (χ1) is 6.06. The van der Waals surface area contributed by atoms with Crippen LogP contribution in [0.5, 0.6) is 5.75 Å². The van der Waals surface area contributed by atoms with Gasteiger partial charge in [0.1, 0.15) is 5.75 Å².